The minimum Gasteiger partial charge on any atom is -0.392 e. The van der Waals surface area contributed by atoms with Gasteiger partial charge in [0, 0.05) is 13.1 Å². The molecule has 90 valence electrons. The maximum Gasteiger partial charge on any atom is 0.246 e. The number of likely N-dealkylation sites (N-methyl/N-ethyl adjacent to an activating group) is 1. The number of likely N-dealkylation sites (tertiary alicyclic amines) is 1. The second kappa shape index (κ2) is 4.51. The molecule has 0 aromatic rings. The maximum atomic E-state index is 11.7. The summed E-state index contributed by atoms with van der Waals surface area (Å²) in [7, 11) is 1.50. The van der Waals surface area contributed by atoms with E-state index in [1.165, 1.54) is 7.05 Å². The van der Waals surface area contributed by atoms with E-state index >= 15 is 0 Å². The van der Waals surface area contributed by atoms with Crippen LogP contribution in [0.5, 0.6) is 0 Å². The van der Waals surface area contributed by atoms with Crippen LogP contribution >= 0.6 is 0 Å². The van der Waals surface area contributed by atoms with Crippen molar-refractivity contribution in [3.63, 3.8) is 0 Å². The van der Waals surface area contributed by atoms with Crippen molar-refractivity contribution in [2.45, 2.75) is 50.3 Å². The highest BCUT2D eigenvalue weighted by molar-refractivity contribution is 6.05. The Morgan fingerprint density at radius 3 is 2.56 bits per heavy atom. The molecule has 1 unspecified atom stereocenters. The number of imide groups is 1. The molecule has 0 bridgehead atoms. The Morgan fingerprint density at radius 2 is 2.00 bits per heavy atom. The van der Waals surface area contributed by atoms with Gasteiger partial charge in [-0.1, -0.05) is 12.8 Å². The predicted molar refractivity (Wildman–Crippen MR) is 57.6 cm³/mol. The van der Waals surface area contributed by atoms with Gasteiger partial charge in [0.05, 0.1) is 18.6 Å². The zero-order chi connectivity index (χ0) is 11.7. The number of aliphatic hydroxyl groups is 1. The Bertz CT molecular complexity index is 306. The van der Waals surface area contributed by atoms with Crippen LogP contribution in [0, 0.1) is 0 Å². The number of rotatable bonds is 2. The minimum atomic E-state index is -0.435. The third-order valence-electron chi connectivity index (χ3n) is 3.53. The fraction of sp³-hybridized carbons (Fsp3) is 0.818. The van der Waals surface area contributed by atoms with Crippen LogP contribution in [-0.4, -0.2) is 47.1 Å². The normalized spacial score (nSPS) is 35.9. The van der Waals surface area contributed by atoms with Crippen LogP contribution in [0.1, 0.15) is 32.1 Å². The molecule has 1 saturated heterocycles. The first kappa shape index (κ1) is 11.5. The standard InChI is InChI=1S/C11H18N2O3/c1-13-10(15)6-8(11(13)16)12-7-4-2-3-5-9(7)14/h7-9,12,14H,2-6H2,1H3/t7-,8?,9-/m1/s1. The van der Waals surface area contributed by atoms with Crippen molar-refractivity contribution in [2.75, 3.05) is 7.05 Å². The molecule has 0 aromatic heterocycles. The van der Waals surface area contributed by atoms with E-state index < -0.39 is 6.04 Å². The number of aliphatic hydroxyl groups excluding tert-OH is 1. The molecule has 0 radical (unpaired) electrons. The summed E-state index contributed by atoms with van der Waals surface area (Å²) in [6, 6.07) is -0.475. The molecule has 5 heteroatoms. The molecule has 2 fully saturated rings. The number of carbonyl (C=O) groups excluding carboxylic acids is 2. The Hall–Kier alpha value is -0.940. The lowest BCUT2D eigenvalue weighted by Gasteiger charge is -2.30. The van der Waals surface area contributed by atoms with Gasteiger partial charge in [0.25, 0.3) is 0 Å². The van der Waals surface area contributed by atoms with Gasteiger partial charge in [-0.25, -0.2) is 0 Å². The fourth-order valence-electron chi connectivity index (χ4n) is 2.45. The number of amides is 2. The lowest BCUT2D eigenvalue weighted by molar-refractivity contribution is -0.137. The number of carbonyl (C=O) groups is 2. The molecule has 2 rings (SSSR count). The van der Waals surface area contributed by atoms with E-state index in [2.05, 4.69) is 5.32 Å². The van der Waals surface area contributed by atoms with E-state index in [9.17, 15) is 14.7 Å². The van der Waals surface area contributed by atoms with Crippen molar-refractivity contribution in [3.8, 4) is 0 Å². The first-order valence-corrected chi connectivity index (χ1v) is 5.84. The lowest BCUT2D eigenvalue weighted by Crippen LogP contribution is -2.49. The molecular formula is C11H18N2O3. The van der Waals surface area contributed by atoms with Crippen LogP contribution in [0.25, 0.3) is 0 Å². The Labute approximate surface area is 94.8 Å². The minimum absolute atomic E-state index is 0.0398. The van der Waals surface area contributed by atoms with Crippen LogP contribution in [0.3, 0.4) is 0 Å². The maximum absolute atomic E-state index is 11.7. The molecule has 1 aliphatic heterocycles. The van der Waals surface area contributed by atoms with E-state index in [0.717, 1.165) is 30.6 Å². The smallest absolute Gasteiger partial charge is 0.246 e. The topological polar surface area (TPSA) is 69.6 Å². The first-order valence-electron chi connectivity index (χ1n) is 5.84. The van der Waals surface area contributed by atoms with E-state index in [-0.39, 0.29) is 30.4 Å². The molecule has 16 heavy (non-hydrogen) atoms. The van der Waals surface area contributed by atoms with Gasteiger partial charge in [-0.2, -0.15) is 0 Å². The summed E-state index contributed by atoms with van der Waals surface area (Å²) in [6.45, 7) is 0. The predicted octanol–water partition coefficient (Wildman–Crippen LogP) is -0.363. The van der Waals surface area contributed by atoms with Crippen molar-refractivity contribution in [2.24, 2.45) is 0 Å². The largest absolute Gasteiger partial charge is 0.392 e. The summed E-state index contributed by atoms with van der Waals surface area (Å²) in [5.41, 5.74) is 0. The zero-order valence-corrected chi connectivity index (χ0v) is 9.48. The zero-order valence-electron chi connectivity index (χ0n) is 9.48. The molecule has 0 spiro atoms. The summed E-state index contributed by atoms with van der Waals surface area (Å²) in [6.07, 6.45) is 3.60. The van der Waals surface area contributed by atoms with E-state index in [4.69, 9.17) is 0 Å². The summed E-state index contributed by atoms with van der Waals surface area (Å²) < 4.78 is 0. The van der Waals surface area contributed by atoms with Crippen molar-refractivity contribution in [1.29, 1.82) is 0 Å². The molecule has 2 N–H and O–H groups in total. The molecule has 5 nitrogen and oxygen atoms in total. The third-order valence-corrected chi connectivity index (χ3v) is 3.53. The van der Waals surface area contributed by atoms with E-state index in [1.54, 1.807) is 0 Å². The van der Waals surface area contributed by atoms with Crippen molar-refractivity contribution < 1.29 is 14.7 Å². The molecule has 2 aliphatic rings. The Balaban J connectivity index is 1.94. The second-order valence-electron chi connectivity index (χ2n) is 4.67. The Morgan fingerprint density at radius 1 is 1.31 bits per heavy atom. The third kappa shape index (κ3) is 2.10. The molecular weight excluding hydrogens is 208 g/mol. The monoisotopic (exact) mass is 226 g/mol. The van der Waals surface area contributed by atoms with Gasteiger partial charge in [-0.05, 0) is 12.8 Å². The number of hydrogen-bond donors (Lipinski definition) is 2. The van der Waals surface area contributed by atoms with Crippen LogP contribution < -0.4 is 5.32 Å². The summed E-state index contributed by atoms with van der Waals surface area (Å²) in [5, 5.41) is 12.9. The highest BCUT2D eigenvalue weighted by atomic mass is 16.3. The second-order valence-corrected chi connectivity index (χ2v) is 4.67. The first-order chi connectivity index (χ1) is 7.59. The van der Waals surface area contributed by atoms with Gasteiger partial charge in [0.1, 0.15) is 0 Å². The van der Waals surface area contributed by atoms with E-state index in [0.29, 0.717) is 0 Å². The van der Waals surface area contributed by atoms with Crippen molar-refractivity contribution >= 4 is 11.8 Å². The van der Waals surface area contributed by atoms with Gasteiger partial charge >= 0.3 is 0 Å². The van der Waals surface area contributed by atoms with Gasteiger partial charge in [0.2, 0.25) is 11.8 Å². The van der Waals surface area contributed by atoms with Crippen molar-refractivity contribution in [1.82, 2.24) is 10.2 Å². The number of nitrogens with one attached hydrogen (secondary N) is 1. The summed E-state index contributed by atoms with van der Waals surface area (Å²) in [4.78, 5) is 24.1. The lowest BCUT2D eigenvalue weighted by atomic mass is 9.92. The van der Waals surface area contributed by atoms with Gasteiger partial charge < -0.3 is 10.4 Å². The average molecular weight is 226 g/mol. The van der Waals surface area contributed by atoms with Crippen LogP contribution in [0.4, 0.5) is 0 Å². The average Bonchev–Trinajstić information content (AvgIpc) is 2.50. The molecule has 1 saturated carbocycles. The van der Waals surface area contributed by atoms with Crippen molar-refractivity contribution in [3.05, 3.63) is 0 Å². The fourth-order valence-corrected chi connectivity index (χ4v) is 2.45. The van der Waals surface area contributed by atoms with E-state index in [1.807, 2.05) is 0 Å². The van der Waals surface area contributed by atoms with Crippen LogP contribution in [0.2, 0.25) is 0 Å². The molecule has 0 aromatic carbocycles. The van der Waals surface area contributed by atoms with Crippen LogP contribution in [-0.2, 0) is 9.59 Å². The number of nitrogens with zero attached hydrogens (tertiary/aromatic N) is 1. The molecule has 1 heterocycles. The highest BCUT2D eigenvalue weighted by Gasteiger charge is 2.38. The number of hydrogen-bond acceptors (Lipinski definition) is 4. The quantitative estimate of drug-likeness (QED) is 0.631. The summed E-state index contributed by atoms with van der Waals surface area (Å²) >= 11 is 0. The molecule has 1 aliphatic carbocycles. The molecule has 2 amide bonds. The van der Waals surface area contributed by atoms with Crippen LogP contribution in [0.15, 0.2) is 0 Å². The molecule has 3 atom stereocenters. The van der Waals surface area contributed by atoms with Gasteiger partial charge in [0.15, 0.2) is 0 Å². The SMILES string of the molecule is CN1C(=O)CC(N[C@@H]2CCCC[C@H]2O)C1=O. The van der Waals surface area contributed by atoms with Gasteiger partial charge in [-0.3, -0.25) is 14.5 Å². The highest BCUT2D eigenvalue weighted by Crippen LogP contribution is 2.20. The Kier molecular flexibility index (Phi) is 3.25. The van der Waals surface area contributed by atoms with Gasteiger partial charge in [-0.15, -0.1) is 0 Å². The summed E-state index contributed by atoms with van der Waals surface area (Å²) in [5.74, 6) is -0.324.